The minimum atomic E-state index is 0.683. The number of piperidine rings is 1. The predicted molar refractivity (Wildman–Crippen MR) is 105 cm³/mol. The molecule has 1 aliphatic heterocycles. The standard InChI is InChI=1S/C18H33N5OS/c1-5-19-18(22(3)13-17-14-25-15(2)21-17)20-12-16-6-8-23(9-7-16)10-11-24-4/h14,16H,5-13H2,1-4H3,(H,19,20). The first kappa shape index (κ1) is 20.1. The Bertz CT molecular complexity index is 525. The quantitative estimate of drug-likeness (QED) is 0.564. The van der Waals surface area contributed by atoms with E-state index in [1.54, 1.807) is 18.4 Å². The minimum absolute atomic E-state index is 0.683. The Morgan fingerprint density at radius 1 is 1.48 bits per heavy atom. The molecule has 142 valence electrons. The van der Waals surface area contributed by atoms with Gasteiger partial charge >= 0.3 is 0 Å². The number of hydrogen-bond donors (Lipinski definition) is 1. The molecule has 1 aliphatic rings. The number of ether oxygens (including phenoxy) is 1. The van der Waals surface area contributed by atoms with E-state index in [4.69, 9.17) is 9.73 Å². The van der Waals surface area contributed by atoms with Gasteiger partial charge in [-0.2, -0.15) is 0 Å². The number of aliphatic imine (C=N–C) groups is 1. The molecule has 1 aromatic rings. The Kier molecular flexibility index (Phi) is 8.64. The summed E-state index contributed by atoms with van der Waals surface area (Å²) >= 11 is 1.70. The van der Waals surface area contributed by atoms with E-state index in [0.717, 1.165) is 62.5 Å². The van der Waals surface area contributed by atoms with Crippen LogP contribution in [0.5, 0.6) is 0 Å². The number of aryl methyl sites for hydroxylation is 1. The summed E-state index contributed by atoms with van der Waals surface area (Å²) in [4.78, 5) is 14.1. The normalized spacial score (nSPS) is 17.0. The van der Waals surface area contributed by atoms with Gasteiger partial charge in [-0.15, -0.1) is 11.3 Å². The molecule has 1 aromatic heterocycles. The number of nitrogens with one attached hydrogen (secondary N) is 1. The molecule has 0 unspecified atom stereocenters. The van der Waals surface area contributed by atoms with E-state index < -0.39 is 0 Å². The van der Waals surface area contributed by atoms with E-state index in [0.29, 0.717) is 5.92 Å². The number of aromatic nitrogens is 1. The summed E-state index contributed by atoms with van der Waals surface area (Å²) in [5.41, 5.74) is 1.11. The maximum atomic E-state index is 5.17. The van der Waals surface area contributed by atoms with E-state index in [1.165, 1.54) is 12.8 Å². The van der Waals surface area contributed by atoms with Gasteiger partial charge in [-0.3, -0.25) is 4.99 Å². The topological polar surface area (TPSA) is 53.0 Å². The van der Waals surface area contributed by atoms with Gasteiger partial charge in [0, 0.05) is 39.2 Å². The van der Waals surface area contributed by atoms with Gasteiger partial charge in [-0.05, 0) is 45.7 Å². The van der Waals surface area contributed by atoms with Gasteiger partial charge in [0.1, 0.15) is 0 Å². The summed E-state index contributed by atoms with van der Waals surface area (Å²) in [6.07, 6.45) is 2.45. The fourth-order valence-corrected chi connectivity index (χ4v) is 3.70. The number of thiazole rings is 1. The zero-order chi connectivity index (χ0) is 18.1. The second kappa shape index (κ2) is 10.7. The van der Waals surface area contributed by atoms with E-state index in [9.17, 15) is 0 Å². The Balaban J connectivity index is 1.82. The summed E-state index contributed by atoms with van der Waals surface area (Å²) in [7, 11) is 3.86. The van der Waals surface area contributed by atoms with Crippen molar-refractivity contribution < 1.29 is 4.74 Å². The van der Waals surface area contributed by atoms with Crippen LogP contribution < -0.4 is 5.32 Å². The lowest BCUT2D eigenvalue weighted by Gasteiger charge is -2.31. The van der Waals surface area contributed by atoms with Gasteiger partial charge in [0.25, 0.3) is 0 Å². The first-order chi connectivity index (χ1) is 12.1. The fourth-order valence-electron chi connectivity index (χ4n) is 3.10. The van der Waals surface area contributed by atoms with Crippen molar-refractivity contribution in [2.75, 3.05) is 53.5 Å². The molecule has 0 amide bonds. The smallest absolute Gasteiger partial charge is 0.194 e. The van der Waals surface area contributed by atoms with Crippen LogP contribution in [0.1, 0.15) is 30.5 Å². The van der Waals surface area contributed by atoms with Crippen LogP contribution in [-0.2, 0) is 11.3 Å². The van der Waals surface area contributed by atoms with Crippen molar-refractivity contribution >= 4 is 17.3 Å². The fraction of sp³-hybridized carbons (Fsp3) is 0.778. The second-order valence-corrected chi connectivity index (χ2v) is 7.75. The molecule has 0 radical (unpaired) electrons. The first-order valence-electron chi connectivity index (χ1n) is 9.24. The third kappa shape index (κ3) is 6.92. The third-order valence-corrected chi connectivity index (χ3v) is 5.40. The summed E-state index contributed by atoms with van der Waals surface area (Å²) in [6, 6.07) is 0. The summed E-state index contributed by atoms with van der Waals surface area (Å²) in [5.74, 6) is 1.66. The number of guanidine groups is 1. The van der Waals surface area contributed by atoms with Crippen molar-refractivity contribution in [2.45, 2.75) is 33.2 Å². The SMILES string of the molecule is CCNC(=NCC1CCN(CCOC)CC1)N(C)Cc1csc(C)n1. The molecule has 0 saturated carbocycles. The number of likely N-dealkylation sites (tertiary alicyclic amines) is 1. The average Bonchev–Trinajstić information content (AvgIpc) is 3.02. The molecule has 1 N–H and O–H groups in total. The van der Waals surface area contributed by atoms with Crippen LogP contribution in [-0.4, -0.2) is 74.2 Å². The van der Waals surface area contributed by atoms with Gasteiger partial charge in [0.05, 0.1) is 23.9 Å². The zero-order valence-corrected chi connectivity index (χ0v) is 16.9. The molecule has 0 atom stereocenters. The van der Waals surface area contributed by atoms with Crippen LogP contribution in [0.4, 0.5) is 0 Å². The lowest BCUT2D eigenvalue weighted by atomic mass is 9.97. The molecule has 2 heterocycles. The number of nitrogens with zero attached hydrogens (tertiary/aromatic N) is 4. The molecule has 0 bridgehead atoms. The largest absolute Gasteiger partial charge is 0.383 e. The summed E-state index contributed by atoms with van der Waals surface area (Å²) in [6.45, 7) is 10.9. The Morgan fingerprint density at radius 3 is 2.84 bits per heavy atom. The van der Waals surface area contributed by atoms with Crippen LogP contribution in [0.15, 0.2) is 10.4 Å². The van der Waals surface area contributed by atoms with E-state index >= 15 is 0 Å². The molecule has 25 heavy (non-hydrogen) atoms. The lowest BCUT2D eigenvalue weighted by Crippen LogP contribution is -2.40. The van der Waals surface area contributed by atoms with Crippen molar-refractivity contribution in [1.29, 1.82) is 0 Å². The Labute approximate surface area is 156 Å². The maximum Gasteiger partial charge on any atom is 0.194 e. The van der Waals surface area contributed by atoms with Gasteiger partial charge in [-0.25, -0.2) is 4.98 Å². The molecule has 6 nitrogen and oxygen atoms in total. The zero-order valence-electron chi connectivity index (χ0n) is 16.1. The number of hydrogen-bond acceptors (Lipinski definition) is 5. The average molecular weight is 368 g/mol. The molecular weight excluding hydrogens is 334 g/mol. The highest BCUT2D eigenvalue weighted by atomic mass is 32.1. The van der Waals surface area contributed by atoms with E-state index in [2.05, 4.69) is 39.5 Å². The van der Waals surface area contributed by atoms with Crippen LogP contribution in [0.25, 0.3) is 0 Å². The summed E-state index contributed by atoms with van der Waals surface area (Å²) < 4.78 is 5.17. The van der Waals surface area contributed by atoms with Gasteiger partial charge < -0.3 is 19.9 Å². The molecule has 1 fully saturated rings. The highest BCUT2D eigenvalue weighted by Gasteiger charge is 2.19. The van der Waals surface area contributed by atoms with Gasteiger partial charge in [0.15, 0.2) is 5.96 Å². The minimum Gasteiger partial charge on any atom is -0.383 e. The molecule has 0 spiro atoms. The first-order valence-corrected chi connectivity index (χ1v) is 10.1. The highest BCUT2D eigenvalue weighted by Crippen LogP contribution is 2.17. The Hall–Kier alpha value is -1.18. The molecule has 0 aromatic carbocycles. The van der Waals surface area contributed by atoms with E-state index in [1.807, 2.05) is 6.92 Å². The molecule has 7 heteroatoms. The van der Waals surface area contributed by atoms with E-state index in [-0.39, 0.29) is 0 Å². The van der Waals surface area contributed by atoms with Crippen molar-refractivity contribution in [1.82, 2.24) is 20.1 Å². The van der Waals surface area contributed by atoms with Crippen LogP contribution in [0.2, 0.25) is 0 Å². The maximum absolute atomic E-state index is 5.17. The van der Waals surface area contributed by atoms with Crippen LogP contribution >= 0.6 is 11.3 Å². The van der Waals surface area contributed by atoms with Crippen molar-refractivity contribution in [3.05, 3.63) is 16.1 Å². The molecule has 0 aliphatic carbocycles. The van der Waals surface area contributed by atoms with Crippen molar-refractivity contribution in [3.8, 4) is 0 Å². The molecule has 2 rings (SSSR count). The van der Waals surface area contributed by atoms with Gasteiger partial charge in [-0.1, -0.05) is 0 Å². The number of methoxy groups -OCH3 is 1. The summed E-state index contributed by atoms with van der Waals surface area (Å²) in [5, 5.41) is 6.66. The van der Waals surface area contributed by atoms with Crippen molar-refractivity contribution in [3.63, 3.8) is 0 Å². The van der Waals surface area contributed by atoms with Crippen LogP contribution in [0.3, 0.4) is 0 Å². The van der Waals surface area contributed by atoms with Crippen molar-refractivity contribution in [2.24, 2.45) is 10.9 Å². The highest BCUT2D eigenvalue weighted by molar-refractivity contribution is 7.09. The number of rotatable bonds is 8. The second-order valence-electron chi connectivity index (χ2n) is 6.69. The third-order valence-electron chi connectivity index (χ3n) is 4.58. The monoisotopic (exact) mass is 367 g/mol. The van der Waals surface area contributed by atoms with Gasteiger partial charge in [0.2, 0.25) is 0 Å². The lowest BCUT2D eigenvalue weighted by molar-refractivity contribution is 0.121. The Morgan fingerprint density at radius 2 is 2.24 bits per heavy atom. The predicted octanol–water partition coefficient (Wildman–Crippen LogP) is 2.21. The molecular formula is C18H33N5OS. The van der Waals surface area contributed by atoms with Crippen LogP contribution in [0, 0.1) is 12.8 Å². The molecule has 1 saturated heterocycles.